The van der Waals surface area contributed by atoms with Gasteiger partial charge in [-0.2, -0.15) is 0 Å². The first-order chi connectivity index (χ1) is 15.3. The Morgan fingerprint density at radius 3 is 2.81 bits per heavy atom. The van der Waals surface area contributed by atoms with Gasteiger partial charge in [0.25, 0.3) is 11.8 Å². The van der Waals surface area contributed by atoms with Crippen LogP contribution < -0.4 is 10.6 Å². The zero-order valence-corrected chi connectivity index (χ0v) is 19.6. The van der Waals surface area contributed by atoms with Crippen LogP contribution in [0.4, 0.5) is 0 Å². The summed E-state index contributed by atoms with van der Waals surface area (Å²) >= 11 is 0. The molecular formula is C25H35N5O2. The average Bonchev–Trinajstić information content (AvgIpc) is 3.23. The van der Waals surface area contributed by atoms with Gasteiger partial charge in [0.2, 0.25) is 0 Å². The minimum atomic E-state index is -0.101. The van der Waals surface area contributed by atoms with Gasteiger partial charge >= 0.3 is 0 Å². The lowest BCUT2D eigenvalue weighted by Crippen LogP contribution is -2.56. The molecule has 32 heavy (non-hydrogen) atoms. The zero-order chi connectivity index (χ0) is 22.6. The molecule has 0 aromatic carbocycles. The van der Waals surface area contributed by atoms with Crippen LogP contribution in [-0.4, -0.2) is 57.8 Å². The van der Waals surface area contributed by atoms with Crippen molar-refractivity contribution in [3.05, 3.63) is 35.8 Å². The van der Waals surface area contributed by atoms with Crippen molar-refractivity contribution in [2.24, 2.45) is 23.2 Å². The Kier molecular flexibility index (Phi) is 5.27. The maximum absolute atomic E-state index is 13.2. The molecule has 4 aliphatic rings. The number of hydrogen-bond donors (Lipinski definition) is 2. The lowest BCUT2D eigenvalue weighted by atomic mass is 9.45. The van der Waals surface area contributed by atoms with Crippen molar-refractivity contribution in [2.75, 3.05) is 19.6 Å². The maximum Gasteiger partial charge on any atom is 0.274 e. The highest BCUT2D eigenvalue weighted by atomic mass is 16.2. The summed E-state index contributed by atoms with van der Waals surface area (Å²) in [5.41, 5.74) is 1.95. The van der Waals surface area contributed by atoms with Gasteiger partial charge in [0.1, 0.15) is 17.0 Å². The smallest absolute Gasteiger partial charge is 0.274 e. The molecule has 3 saturated carbocycles. The minimum Gasteiger partial charge on any atom is -0.350 e. The van der Waals surface area contributed by atoms with Gasteiger partial charge in [-0.1, -0.05) is 19.9 Å². The predicted octanol–water partition coefficient (Wildman–Crippen LogP) is 2.96. The second-order valence-corrected chi connectivity index (χ2v) is 10.8. The van der Waals surface area contributed by atoms with Crippen molar-refractivity contribution in [3.8, 4) is 0 Å². The molecule has 6 rings (SSSR count). The number of nitrogens with one attached hydrogen (secondary N) is 2. The van der Waals surface area contributed by atoms with Crippen molar-refractivity contribution in [1.82, 2.24) is 24.9 Å². The van der Waals surface area contributed by atoms with Crippen LogP contribution in [0.2, 0.25) is 0 Å². The van der Waals surface area contributed by atoms with Crippen LogP contribution in [0.1, 0.15) is 67.9 Å². The van der Waals surface area contributed by atoms with Crippen molar-refractivity contribution >= 4 is 17.5 Å². The third kappa shape index (κ3) is 3.51. The molecule has 7 nitrogen and oxygen atoms in total. The topological polar surface area (TPSA) is 78.7 Å². The van der Waals surface area contributed by atoms with Gasteiger partial charge in [0, 0.05) is 37.9 Å². The van der Waals surface area contributed by atoms with Gasteiger partial charge in [0.05, 0.1) is 0 Å². The fraction of sp³-hybridized carbons (Fsp3) is 0.640. The lowest BCUT2D eigenvalue weighted by molar-refractivity contribution is -0.103. The number of carbonyl (C=O) groups is 2. The Morgan fingerprint density at radius 1 is 1.25 bits per heavy atom. The second-order valence-electron chi connectivity index (χ2n) is 10.8. The number of nitrogens with zero attached hydrogens (tertiary/aromatic N) is 3. The van der Waals surface area contributed by atoms with Gasteiger partial charge in [-0.15, -0.1) is 0 Å². The second kappa shape index (κ2) is 7.87. The first-order valence-corrected chi connectivity index (χ1v) is 12.1. The summed E-state index contributed by atoms with van der Waals surface area (Å²) in [6, 6.07) is 5.84. The highest BCUT2D eigenvalue weighted by Crippen LogP contribution is 2.61. The number of pyridine rings is 1. The molecule has 172 valence electrons. The number of fused-ring (bicyclic) bond motifs is 3. The molecule has 1 aliphatic heterocycles. The van der Waals surface area contributed by atoms with Crippen LogP contribution >= 0.6 is 0 Å². The summed E-state index contributed by atoms with van der Waals surface area (Å²) in [4.78, 5) is 32.7. The average molecular weight is 438 g/mol. The molecule has 4 fully saturated rings. The van der Waals surface area contributed by atoms with Crippen LogP contribution in [0, 0.1) is 23.2 Å². The monoisotopic (exact) mass is 437 g/mol. The summed E-state index contributed by atoms with van der Waals surface area (Å²) in [6.07, 6.45) is 5.50. The van der Waals surface area contributed by atoms with E-state index in [0.29, 0.717) is 47.4 Å². The maximum atomic E-state index is 13.2. The third-order valence-electron chi connectivity index (χ3n) is 8.50. The number of amides is 2. The van der Waals surface area contributed by atoms with E-state index in [2.05, 4.69) is 36.4 Å². The lowest BCUT2D eigenvalue weighted by Gasteiger charge is -2.60. The van der Waals surface area contributed by atoms with Gasteiger partial charge in [-0.3, -0.25) is 14.0 Å². The first-order valence-electron chi connectivity index (χ1n) is 12.1. The molecule has 2 aromatic heterocycles. The van der Waals surface area contributed by atoms with Crippen LogP contribution in [0.15, 0.2) is 24.4 Å². The Labute approximate surface area is 190 Å². The van der Waals surface area contributed by atoms with E-state index in [1.807, 2.05) is 24.0 Å². The van der Waals surface area contributed by atoms with E-state index < -0.39 is 0 Å². The molecule has 2 amide bonds. The van der Waals surface area contributed by atoms with E-state index in [9.17, 15) is 9.59 Å². The van der Waals surface area contributed by atoms with Crippen LogP contribution in [-0.2, 0) is 0 Å². The standard InChI is InChI=1S/C25H35N5O2/c1-15-13-29(16(2)11-26-15)24(32)20-14-30-21(6-5-7-22(30)28-20)23(31)27-12-17-8-9-18-10-19(17)25(18,3)4/h5-7,14-19,26H,8-13H2,1-4H3,(H,27,31)/t15-,16+,17+,18+,19+/m1/s1. The molecule has 0 spiro atoms. The van der Waals surface area contributed by atoms with E-state index in [-0.39, 0.29) is 23.9 Å². The van der Waals surface area contributed by atoms with E-state index in [0.717, 1.165) is 12.5 Å². The predicted molar refractivity (Wildman–Crippen MR) is 124 cm³/mol. The molecule has 0 unspecified atom stereocenters. The molecule has 0 radical (unpaired) electrons. The minimum absolute atomic E-state index is 0.0788. The molecule has 7 heteroatoms. The number of hydrogen-bond acceptors (Lipinski definition) is 4. The third-order valence-corrected chi connectivity index (χ3v) is 8.50. The number of imidazole rings is 1. The summed E-state index contributed by atoms with van der Waals surface area (Å²) in [5.74, 6) is 1.93. The van der Waals surface area contributed by atoms with Crippen molar-refractivity contribution in [2.45, 2.75) is 59.0 Å². The van der Waals surface area contributed by atoms with Crippen LogP contribution in [0.5, 0.6) is 0 Å². The summed E-state index contributed by atoms with van der Waals surface area (Å²) in [7, 11) is 0. The molecule has 2 bridgehead atoms. The summed E-state index contributed by atoms with van der Waals surface area (Å²) < 4.78 is 1.75. The largest absolute Gasteiger partial charge is 0.350 e. The van der Waals surface area contributed by atoms with Crippen molar-refractivity contribution in [1.29, 1.82) is 0 Å². The highest BCUT2D eigenvalue weighted by molar-refractivity contribution is 5.95. The van der Waals surface area contributed by atoms with Gasteiger partial charge in [0.15, 0.2) is 0 Å². The number of piperazine rings is 1. The number of aromatic nitrogens is 2. The SMILES string of the molecule is C[C@@H]1CN(C(=O)c2cn3c(C(=O)NC[C@@H]4CC[C@H]5C[C@@H]4C5(C)C)cccc3n2)[C@@H](C)CN1. The molecule has 2 aromatic rings. The number of carbonyl (C=O) groups excluding carboxylic acids is 2. The van der Waals surface area contributed by atoms with Gasteiger partial charge < -0.3 is 15.5 Å². The Bertz CT molecular complexity index is 1040. The van der Waals surface area contributed by atoms with E-state index in [1.54, 1.807) is 16.7 Å². The van der Waals surface area contributed by atoms with Crippen LogP contribution in [0.3, 0.4) is 0 Å². The molecule has 5 atom stereocenters. The molecule has 2 N–H and O–H groups in total. The molecular weight excluding hydrogens is 402 g/mol. The normalized spacial score (nSPS) is 31.2. The highest BCUT2D eigenvalue weighted by Gasteiger charge is 2.53. The van der Waals surface area contributed by atoms with E-state index in [1.165, 1.54) is 19.3 Å². The Balaban J connectivity index is 1.32. The van der Waals surface area contributed by atoms with Gasteiger partial charge in [-0.25, -0.2) is 4.98 Å². The first kappa shape index (κ1) is 21.4. The zero-order valence-electron chi connectivity index (χ0n) is 19.6. The van der Waals surface area contributed by atoms with Gasteiger partial charge in [-0.05, 0) is 68.4 Å². The summed E-state index contributed by atoms with van der Waals surface area (Å²) in [6.45, 7) is 11.0. The number of rotatable bonds is 4. The Morgan fingerprint density at radius 2 is 2.06 bits per heavy atom. The Hall–Kier alpha value is -2.41. The van der Waals surface area contributed by atoms with E-state index >= 15 is 0 Å². The van der Waals surface area contributed by atoms with Crippen molar-refractivity contribution < 1.29 is 9.59 Å². The fourth-order valence-electron chi connectivity index (χ4n) is 6.27. The molecule has 3 aliphatic carbocycles. The fourth-order valence-corrected chi connectivity index (χ4v) is 6.27. The van der Waals surface area contributed by atoms with Crippen molar-refractivity contribution in [3.63, 3.8) is 0 Å². The summed E-state index contributed by atoms with van der Waals surface area (Å²) in [5, 5.41) is 6.58. The quantitative estimate of drug-likeness (QED) is 0.771. The van der Waals surface area contributed by atoms with E-state index in [4.69, 9.17) is 0 Å². The molecule has 3 heterocycles. The molecule has 1 saturated heterocycles. The van der Waals surface area contributed by atoms with Crippen LogP contribution in [0.25, 0.3) is 5.65 Å².